The summed E-state index contributed by atoms with van der Waals surface area (Å²) in [5.41, 5.74) is 2.60. The zero-order chi connectivity index (χ0) is 21.8. The zero-order valence-corrected chi connectivity index (χ0v) is 17.7. The predicted octanol–water partition coefficient (Wildman–Crippen LogP) is 2.17. The number of unbranched alkanes of at least 4 members (excludes halogenated alkanes) is 1. The third kappa shape index (κ3) is 4.50. The molecule has 1 heterocycles. The first-order valence-corrected chi connectivity index (χ1v) is 10.6. The summed E-state index contributed by atoms with van der Waals surface area (Å²) in [6, 6.07) is 2.58. The van der Waals surface area contributed by atoms with Crippen molar-refractivity contribution in [1.29, 1.82) is 0 Å². The quantitative estimate of drug-likeness (QED) is 0.663. The molecule has 2 atom stereocenters. The summed E-state index contributed by atoms with van der Waals surface area (Å²) in [5.74, 6) is -1.42. The number of nitrogens with one attached hydrogen (secondary N) is 1. The third-order valence-corrected chi connectivity index (χ3v) is 5.71. The Kier molecular flexibility index (Phi) is 6.80. The van der Waals surface area contributed by atoms with Crippen molar-refractivity contribution >= 4 is 22.8 Å². The highest BCUT2D eigenvalue weighted by molar-refractivity contribution is 5.87. The van der Waals surface area contributed by atoms with Crippen molar-refractivity contribution < 1.29 is 23.8 Å². The molecular weight excluding hydrogens is 386 g/mol. The number of benzene rings is 1. The van der Waals surface area contributed by atoms with Crippen molar-refractivity contribution in [3.8, 4) is 5.75 Å². The van der Waals surface area contributed by atoms with Crippen molar-refractivity contribution in [2.75, 3.05) is 0 Å². The average molecular weight is 414 g/mol. The molecule has 162 valence electrons. The van der Waals surface area contributed by atoms with Gasteiger partial charge in [0.2, 0.25) is 0 Å². The molecule has 0 aliphatic heterocycles. The Morgan fingerprint density at radius 1 is 1.23 bits per heavy atom. The lowest BCUT2D eigenvalue weighted by molar-refractivity contribution is -0.308. The lowest BCUT2D eigenvalue weighted by Crippen LogP contribution is -2.51. The second kappa shape index (κ2) is 9.32. The number of rotatable bonds is 8. The predicted molar refractivity (Wildman–Crippen MR) is 110 cm³/mol. The van der Waals surface area contributed by atoms with Crippen LogP contribution in [0.3, 0.4) is 0 Å². The summed E-state index contributed by atoms with van der Waals surface area (Å²) in [4.78, 5) is 36.1. The molecular formula is C23H28NO6-. The first-order chi connectivity index (χ1) is 14.3. The molecule has 7 heteroatoms. The lowest BCUT2D eigenvalue weighted by atomic mass is 9.90. The van der Waals surface area contributed by atoms with E-state index < -0.39 is 24.0 Å². The Morgan fingerprint density at radius 3 is 2.60 bits per heavy atom. The fourth-order valence-corrected chi connectivity index (χ4v) is 3.94. The first-order valence-electron chi connectivity index (χ1n) is 10.6. The fraction of sp³-hybridized carbons (Fsp3) is 0.522. The summed E-state index contributed by atoms with van der Waals surface area (Å²) in [5, 5.41) is 14.6. The van der Waals surface area contributed by atoms with Gasteiger partial charge in [-0.1, -0.05) is 19.8 Å². The van der Waals surface area contributed by atoms with Crippen LogP contribution >= 0.6 is 0 Å². The van der Waals surface area contributed by atoms with Gasteiger partial charge in [0.15, 0.2) is 6.10 Å². The molecule has 2 aromatic rings. The van der Waals surface area contributed by atoms with Crippen LogP contribution in [0.25, 0.3) is 11.0 Å². The van der Waals surface area contributed by atoms with Crippen LogP contribution in [-0.2, 0) is 22.4 Å². The number of fused-ring (bicyclic) bond motifs is 3. The Morgan fingerprint density at radius 2 is 1.93 bits per heavy atom. The SMILES string of the molecule is CCCC[C@@H](NC(=O)[C@H](C)Oc1ccc2c3c(c(=O)oc2c1C)CCCC3)C(=O)[O-]. The van der Waals surface area contributed by atoms with E-state index >= 15 is 0 Å². The van der Waals surface area contributed by atoms with Gasteiger partial charge in [0, 0.05) is 16.5 Å². The molecule has 1 aliphatic carbocycles. The number of aryl methyl sites for hydroxylation is 2. The standard InChI is InChI=1S/C23H29NO6/c1-4-5-10-18(22(26)27)24-21(25)14(3)29-19-12-11-16-15-8-6-7-9-17(15)23(28)30-20(16)13(19)2/h11-12,14,18H,4-10H2,1-3H3,(H,24,25)(H,26,27)/p-1/t14-,18+/m0/s1. The molecule has 0 unspecified atom stereocenters. The molecule has 3 rings (SSSR count). The second-order valence-corrected chi connectivity index (χ2v) is 7.90. The molecule has 0 fully saturated rings. The minimum Gasteiger partial charge on any atom is -0.548 e. The summed E-state index contributed by atoms with van der Waals surface area (Å²) < 4.78 is 11.4. The van der Waals surface area contributed by atoms with E-state index in [-0.39, 0.29) is 5.63 Å². The van der Waals surface area contributed by atoms with Gasteiger partial charge in [0.25, 0.3) is 5.91 Å². The molecule has 1 N–H and O–H groups in total. The van der Waals surface area contributed by atoms with Crippen LogP contribution in [0.2, 0.25) is 0 Å². The zero-order valence-electron chi connectivity index (χ0n) is 17.7. The minimum atomic E-state index is -1.31. The molecule has 0 radical (unpaired) electrons. The largest absolute Gasteiger partial charge is 0.548 e. The van der Waals surface area contributed by atoms with Crippen LogP contribution in [-0.4, -0.2) is 24.0 Å². The van der Waals surface area contributed by atoms with Gasteiger partial charge in [-0.05, 0) is 63.6 Å². The molecule has 30 heavy (non-hydrogen) atoms. The average Bonchev–Trinajstić information content (AvgIpc) is 2.73. The topological polar surface area (TPSA) is 109 Å². The molecule has 1 amide bonds. The van der Waals surface area contributed by atoms with E-state index in [0.29, 0.717) is 29.7 Å². The van der Waals surface area contributed by atoms with E-state index in [1.54, 1.807) is 19.9 Å². The Hall–Kier alpha value is -2.83. The minimum absolute atomic E-state index is 0.308. The van der Waals surface area contributed by atoms with Crippen LogP contribution in [0.1, 0.15) is 62.6 Å². The number of carbonyl (C=O) groups excluding carboxylic acids is 2. The summed E-state index contributed by atoms with van der Waals surface area (Å²) in [6.07, 6.45) is 4.48. The molecule has 1 aromatic carbocycles. The Bertz CT molecular complexity index is 1010. The van der Waals surface area contributed by atoms with Gasteiger partial charge >= 0.3 is 5.63 Å². The number of carbonyl (C=O) groups is 2. The van der Waals surface area contributed by atoms with Crippen LogP contribution in [0, 0.1) is 6.92 Å². The maximum Gasteiger partial charge on any atom is 0.339 e. The first kappa shape index (κ1) is 21.9. The van der Waals surface area contributed by atoms with Crippen molar-refractivity contribution in [2.45, 2.75) is 77.9 Å². The van der Waals surface area contributed by atoms with Gasteiger partial charge in [-0.2, -0.15) is 0 Å². The molecule has 0 spiro atoms. The highest BCUT2D eigenvalue weighted by Gasteiger charge is 2.23. The van der Waals surface area contributed by atoms with Crippen LogP contribution < -0.4 is 20.8 Å². The number of carboxylic acid groups (broad SMARTS) is 1. The maximum atomic E-state index is 12.4. The van der Waals surface area contributed by atoms with Gasteiger partial charge < -0.3 is 24.4 Å². The summed E-state index contributed by atoms with van der Waals surface area (Å²) in [7, 11) is 0. The van der Waals surface area contributed by atoms with E-state index in [1.807, 2.05) is 13.0 Å². The van der Waals surface area contributed by atoms with Crippen molar-refractivity contribution in [2.24, 2.45) is 0 Å². The molecule has 0 saturated heterocycles. The van der Waals surface area contributed by atoms with Crippen molar-refractivity contribution in [3.05, 3.63) is 39.2 Å². The monoisotopic (exact) mass is 414 g/mol. The van der Waals surface area contributed by atoms with Crippen LogP contribution in [0.4, 0.5) is 0 Å². The Balaban J connectivity index is 1.81. The van der Waals surface area contributed by atoms with Crippen LogP contribution in [0.5, 0.6) is 5.75 Å². The highest BCUT2D eigenvalue weighted by Crippen LogP contribution is 2.32. The van der Waals surface area contributed by atoms with E-state index in [9.17, 15) is 19.5 Å². The van der Waals surface area contributed by atoms with Crippen molar-refractivity contribution in [3.63, 3.8) is 0 Å². The second-order valence-electron chi connectivity index (χ2n) is 7.90. The number of ether oxygens (including phenoxy) is 1. The van der Waals surface area contributed by atoms with E-state index in [1.165, 1.54) is 0 Å². The number of hydrogen-bond acceptors (Lipinski definition) is 6. The number of carboxylic acids is 1. The van der Waals surface area contributed by atoms with Crippen molar-refractivity contribution in [1.82, 2.24) is 5.32 Å². The smallest absolute Gasteiger partial charge is 0.339 e. The summed E-state index contributed by atoms with van der Waals surface area (Å²) >= 11 is 0. The van der Waals surface area contributed by atoms with Gasteiger partial charge in [-0.3, -0.25) is 4.79 Å². The number of amides is 1. The molecule has 1 aromatic heterocycles. The van der Waals surface area contributed by atoms with Gasteiger partial charge in [0.1, 0.15) is 11.3 Å². The van der Waals surface area contributed by atoms with E-state index in [4.69, 9.17) is 9.15 Å². The van der Waals surface area contributed by atoms with Gasteiger partial charge in [-0.15, -0.1) is 0 Å². The van der Waals surface area contributed by atoms with E-state index in [2.05, 4.69) is 5.32 Å². The van der Waals surface area contributed by atoms with Gasteiger partial charge in [-0.25, -0.2) is 4.79 Å². The molecule has 7 nitrogen and oxygen atoms in total. The fourth-order valence-electron chi connectivity index (χ4n) is 3.94. The van der Waals surface area contributed by atoms with Crippen LogP contribution in [0.15, 0.2) is 21.3 Å². The normalized spacial score (nSPS) is 15.3. The number of hydrogen-bond donors (Lipinski definition) is 1. The highest BCUT2D eigenvalue weighted by atomic mass is 16.5. The Labute approximate surface area is 175 Å². The molecule has 0 bridgehead atoms. The lowest BCUT2D eigenvalue weighted by Gasteiger charge is -2.23. The number of aliphatic carboxylic acids is 1. The van der Waals surface area contributed by atoms with Gasteiger partial charge in [0.05, 0.1) is 12.0 Å². The molecule has 0 saturated carbocycles. The van der Waals surface area contributed by atoms with E-state index in [0.717, 1.165) is 48.6 Å². The summed E-state index contributed by atoms with van der Waals surface area (Å²) in [6.45, 7) is 5.28. The molecule has 1 aliphatic rings. The maximum absolute atomic E-state index is 12.4. The third-order valence-electron chi connectivity index (χ3n) is 5.71.